The smallest absolute Gasteiger partial charge is 0.124 e. The number of hydrogen-bond acceptors (Lipinski definition) is 3. The van der Waals surface area contributed by atoms with Crippen molar-refractivity contribution in [3.63, 3.8) is 0 Å². The minimum absolute atomic E-state index is 0.147. The van der Waals surface area contributed by atoms with E-state index in [2.05, 4.69) is 0 Å². The Bertz CT molecular complexity index is 291. The Kier molecular flexibility index (Phi) is 4.93. The highest BCUT2D eigenvalue weighted by atomic mass is 32.2. The summed E-state index contributed by atoms with van der Waals surface area (Å²) in [6.45, 7) is 0.000489. The van der Waals surface area contributed by atoms with Gasteiger partial charge in [-0.25, -0.2) is 4.39 Å². The van der Waals surface area contributed by atoms with Crippen molar-refractivity contribution in [1.29, 1.82) is 0 Å². The molecule has 0 amide bonds. The summed E-state index contributed by atoms with van der Waals surface area (Å²) in [5, 5.41) is 17.4. The van der Waals surface area contributed by atoms with Gasteiger partial charge in [0, 0.05) is 17.3 Å². The molecule has 78 valence electrons. The van der Waals surface area contributed by atoms with Crippen LogP contribution in [0.15, 0.2) is 23.1 Å². The average Bonchev–Trinajstić information content (AvgIpc) is 2.17. The topological polar surface area (TPSA) is 40.5 Å². The predicted octanol–water partition coefficient (Wildman–Crippen LogP) is 1.79. The van der Waals surface area contributed by atoms with E-state index in [1.807, 2.05) is 0 Å². The lowest BCUT2D eigenvalue weighted by molar-refractivity contribution is 0.281. The van der Waals surface area contributed by atoms with Gasteiger partial charge in [0.15, 0.2) is 0 Å². The van der Waals surface area contributed by atoms with E-state index < -0.39 is 0 Å². The molecule has 14 heavy (non-hydrogen) atoms. The maximum absolute atomic E-state index is 13.0. The second-order valence-electron chi connectivity index (χ2n) is 2.88. The molecule has 0 radical (unpaired) electrons. The molecule has 0 bridgehead atoms. The first-order valence-electron chi connectivity index (χ1n) is 4.40. The second-order valence-corrected chi connectivity index (χ2v) is 4.05. The van der Waals surface area contributed by atoms with Gasteiger partial charge in [-0.1, -0.05) is 0 Å². The van der Waals surface area contributed by atoms with E-state index in [0.717, 1.165) is 10.6 Å². The summed E-state index contributed by atoms with van der Waals surface area (Å²) in [6.07, 6.45) is 0.690. The molecule has 0 saturated carbocycles. The number of thioether (sulfide) groups is 1. The molecular formula is C10H13FO2S. The molecule has 0 aliphatic rings. The van der Waals surface area contributed by atoms with Crippen molar-refractivity contribution in [1.82, 2.24) is 0 Å². The van der Waals surface area contributed by atoms with Gasteiger partial charge in [0.1, 0.15) is 5.82 Å². The van der Waals surface area contributed by atoms with E-state index in [1.54, 1.807) is 6.07 Å². The molecule has 2 N–H and O–H groups in total. The highest BCUT2D eigenvalue weighted by molar-refractivity contribution is 7.99. The molecule has 0 spiro atoms. The number of halogens is 1. The van der Waals surface area contributed by atoms with E-state index in [0.29, 0.717) is 12.0 Å². The Balaban J connectivity index is 2.62. The van der Waals surface area contributed by atoms with Gasteiger partial charge in [0.05, 0.1) is 6.61 Å². The molecule has 2 nitrogen and oxygen atoms in total. The molecule has 0 saturated heterocycles. The van der Waals surface area contributed by atoms with Gasteiger partial charge in [-0.2, -0.15) is 0 Å². The van der Waals surface area contributed by atoms with Crippen LogP contribution in [0.3, 0.4) is 0 Å². The van der Waals surface area contributed by atoms with Gasteiger partial charge >= 0.3 is 0 Å². The zero-order valence-corrected chi connectivity index (χ0v) is 8.56. The van der Waals surface area contributed by atoms with Crippen molar-refractivity contribution >= 4 is 11.8 Å². The van der Waals surface area contributed by atoms with Gasteiger partial charge in [0.25, 0.3) is 0 Å². The molecule has 1 aromatic carbocycles. The number of aliphatic hydroxyl groups is 2. The highest BCUT2D eigenvalue weighted by Gasteiger charge is 2.00. The SMILES string of the molecule is OCCCSc1cc(F)cc(CO)c1. The first-order valence-corrected chi connectivity index (χ1v) is 5.39. The first kappa shape index (κ1) is 11.5. The molecule has 0 atom stereocenters. The Labute approximate surface area is 86.8 Å². The fraction of sp³-hybridized carbons (Fsp3) is 0.400. The summed E-state index contributed by atoms with van der Waals surface area (Å²) in [6, 6.07) is 4.50. The largest absolute Gasteiger partial charge is 0.396 e. The fourth-order valence-electron chi connectivity index (χ4n) is 1.05. The fourth-order valence-corrected chi connectivity index (χ4v) is 1.99. The maximum Gasteiger partial charge on any atom is 0.124 e. The Hall–Kier alpha value is -0.580. The normalized spacial score (nSPS) is 10.5. The third kappa shape index (κ3) is 3.65. The third-order valence-corrected chi connectivity index (χ3v) is 2.75. The van der Waals surface area contributed by atoms with Gasteiger partial charge in [-0.3, -0.25) is 0 Å². The lowest BCUT2D eigenvalue weighted by Gasteiger charge is -2.03. The van der Waals surface area contributed by atoms with Crippen LogP contribution >= 0.6 is 11.8 Å². The van der Waals surface area contributed by atoms with Crippen molar-refractivity contribution in [2.24, 2.45) is 0 Å². The van der Waals surface area contributed by atoms with Crippen molar-refractivity contribution < 1.29 is 14.6 Å². The maximum atomic E-state index is 13.0. The molecule has 0 heterocycles. The number of aliphatic hydroxyl groups excluding tert-OH is 2. The van der Waals surface area contributed by atoms with Crippen LogP contribution in [0.25, 0.3) is 0 Å². The van der Waals surface area contributed by atoms with Gasteiger partial charge in [0.2, 0.25) is 0 Å². The van der Waals surface area contributed by atoms with Crippen molar-refractivity contribution in [3.05, 3.63) is 29.6 Å². The summed E-state index contributed by atoms with van der Waals surface area (Å²) in [4.78, 5) is 0.794. The minimum atomic E-state index is -0.331. The van der Waals surface area contributed by atoms with Crippen LogP contribution in [0, 0.1) is 5.82 Å². The van der Waals surface area contributed by atoms with E-state index in [4.69, 9.17) is 10.2 Å². The zero-order chi connectivity index (χ0) is 10.4. The number of benzene rings is 1. The zero-order valence-electron chi connectivity index (χ0n) is 7.74. The van der Waals surface area contributed by atoms with Gasteiger partial charge < -0.3 is 10.2 Å². The molecule has 0 aliphatic carbocycles. The Morgan fingerprint density at radius 3 is 2.64 bits per heavy atom. The van der Waals surface area contributed by atoms with Crippen LogP contribution in [-0.4, -0.2) is 22.6 Å². The molecule has 0 aromatic heterocycles. The number of hydrogen-bond donors (Lipinski definition) is 2. The summed E-state index contributed by atoms with van der Waals surface area (Å²) in [5.74, 6) is 0.424. The lowest BCUT2D eigenvalue weighted by Crippen LogP contribution is -1.89. The highest BCUT2D eigenvalue weighted by Crippen LogP contribution is 2.21. The minimum Gasteiger partial charge on any atom is -0.396 e. The van der Waals surface area contributed by atoms with Crippen LogP contribution in [0.5, 0.6) is 0 Å². The third-order valence-electron chi connectivity index (χ3n) is 1.68. The summed E-state index contributed by atoms with van der Waals surface area (Å²) >= 11 is 1.48. The van der Waals surface area contributed by atoms with E-state index >= 15 is 0 Å². The van der Waals surface area contributed by atoms with Crippen LogP contribution in [0.2, 0.25) is 0 Å². The van der Waals surface area contributed by atoms with Crippen LogP contribution in [0.1, 0.15) is 12.0 Å². The molecule has 0 fully saturated rings. The summed E-state index contributed by atoms with van der Waals surface area (Å²) in [5.41, 5.74) is 0.580. The van der Waals surface area contributed by atoms with Crippen molar-refractivity contribution in [2.75, 3.05) is 12.4 Å². The molecular weight excluding hydrogens is 203 g/mol. The second kappa shape index (κ2) is 6.01. The summed E-state index contributed by atoms with van der Waals surface area (Å²) < 4.78 is 13.0. The van der Waals surface area contributed by atoms with E-state index in [9.17, 15) is 4.39 Å². The van der Waals surface area contributed by atoms with Crippen LogP contribution in [0.4, 0.5) is 4.39 Å². The molecule has 0 aliphatic heterocycles. The standard InChI is InChI=1S/C10H13FO2S/c11-9-4-8(7-13)5-10(6-9)14-3-1-2-12/h4-6,12-13H,1-3,7H2. The molecule has 1 rings (SSSR count). The van der Waals surface area contributed by atoms with Crippen LogP contribution in [-0.2, 0) is 6.61 Å². The first-order chi connectivity index (χ1) is 6.76. The Morgan fingerprint density at radius 2 is 2.00 bits per heavy atom. The van der Waals surface area contributed by atoms with Crippen molar-refractivity contribution in [3.8, 4) is 0 Å². The monoisotopic (exact) mass is 216 g/mol. The van der Waals surface area contributed by atoms with E-state index in [1.165, 1.54) is 23.9 Å². The molecule has 4 heteroatoms. The average molecular weight is 216 g/mol. The quantitative estimate of drug-likeness (QED) is 0.582. The summed E-state index contributed by atoms with van der Waals surface area (Å²) in [7, 11) is 0. The van der Waals surface area contributed by atoms with Crippen LogP contribution < -0.4 is 0 Å². The molecule has 1 aromatic rings. The van der Waals surface area contributed by atoms with Crippen molar-refractivity contribution in [2.45, 2.75) is 17.9 Å². The molecule has 0 unspecified atom stereocenters. The Morgan fingerprint density at radius 1 is 1.21 bits per heavy atom. The predicted molar refractivity (Wildman–Crippen MR) is 54.7 cm³/mol. The van der Waals surface area contributed by atoms with Gasteiger partial charge in [-0.15, -0.1) is 11.8 Å². The van der Waals surface area contributed by atoms with E-state index in [-0.39, 0.29) is 19.0 Å². The number of rotatable bonds is 5. The van der Waals surface area contributed by atoms with Gasteiger partial charge in [-0.05, 0) is 30.2 Å². The lowest BCUT2D eigenvalue weighted by atomic mass is 10.2.